The monoisotopic (exact) mass is 174 g/mol. The summed E-state index contributed by atoms with van der Waals surface area (Å²) in [5.41, 5.74) is 0.502. The van der Waals surface area contributed by atoms with E-state index in [1.807, 2.05) is 13.8 Å². The van der Waals surface area contributed by atoms with Crippen LogP contribution in [0, 0.1) is 0 Å². The maximum Gasteiger partial charge on any atom is 0.219 e. The number of carbonyl (C=O) groups excluding carboxylic acids is 1. The summed E-state index contributed by atoms with van der Waals surface area (Å²) in [5, 5.41) is 8.44. The Kier molecular flexibility index (Phi) is 1.98. The number of hydrogen-bond acceptors (Lipinski definition) is 4. The topological polar surface area (TPSA) is 46.5 Å². The first-order valence-electron chi connectivity index (χ1n) is 3.25. The molecule has 11 heavy (non-hydrogen) atoms. The quantitative estimate of drug-likeness (QED) is 0.486. The molecule has 0 aromatic heterocycles. The van der Waals surface area contributed by atoms with Crippen LogP contribution in [0.3, 0.4) is 0 Å². The molecule has 1 heterocycles. The van der Waals surface area contributed by atoms with E-state index in [0.29, 0.717) is 11.3 Å². The second kappa shape index (κ2) is 2.53. The van der Waals surface area contributed by atoms with Crippen molar-refractivity contribution in [1.29, 1.82) is 0 Å². The molecule has 1 N–H and O–H groups in total. The predicted molar refractivity (Wildman–Crippen MR) is 43.1 cm³/mol. The summed E-state index contributed by atoms with van der Waals surface area (Å²) in [6.45, 7) is 5.31. The minimum absolute atomic E-state index is 0.0287. The zero-order valence-corrected chi connectivity index (χ0v) is 7.49. The molecule has 0 aromatic rings. The fraction of sp³-hybridized carbons (Fsp3) is 0.571. The van der Waals surface area contributed by atoms with E-state index in [4.69, 9.17) is 5.26 Å². The van der Waals surface area contributed by atoms with Gasteiger partial charge >= 0.3 is 0 Å². The van der Waals surface area contributed by atoms with Crippen molar-refractivity contribution in [2.45, 2.75) is 25.5 Å². The summed E-state index contributed by atoms with van der Waals surface area (Å²) in [7, 11) is 0. The Bertz CT molecular complexity index is 230. The predicted octanol–water partition coefficient (Wildman–Crippen LogP) is 1.80. The van der Waals surface area contributed by atoms with Crippen molar-refractivity contribution in [3.05, 3.63) is 11.3 Å². The number of rotatable bonds is 1. The summed E-state index contributed by atoms with van der Waals surface area (Å²) in [4.78, 5) is 15.2. The molecule has 0 aliphatic carbocycles. The molecule has 1 aliphatic heterocycles. The molecule has 0 amide bonds. The highest BCUT2D eigenvalue weighted by Crippen LogP contribution is 2.42. The van der Waals surface area contributed by atoms with Gasteiger partial charge in [0.1, 0.15) is 0 Å². The highest BCUT2D eigenvalue weighted by atomic mass is 32.2. The molecule has 1 rings (SSSR count). The molecule has 0 unspecified atom stereocenters. The van der Waals surface area contributed by atoms with E-state index < -0.39 is 4.75 Å². The largest absolute Gasteiger partial charge is 0.343 e. The maximum absolute atomic E-state index is 11.1. The molecule has 0 aromatic carbocycles. The van der Waals surface area contributed by atoms with Gasteiger partial charge in [-0.3, -0.25) is 4.79 Å². The lowest BCUT2D eigenvalue weighted by Gasteiger charge is -2.16. The van der Waals surface area contributed by atoms with Crippen molar-refractivity contribution in [2.75, 3.05) is 0 Å². The van der Waals surface area contributed by atoms with Crippen LogP contribution in [-0.2, 0) is 9.68 Å². The van der Waals surface area contributed by atoms with Crippen LogP contribution >= 0.6 is 11.8 Å². The molecule has 0 saturated carbocycles. The van der Waals surface area contributed by atoms with Gasteiger partial charge in [-0.15, -0.1) is 0 Å². The van der Waals surface area contributed by atoms with E-state index in [1.54, 1.807) is 6.92 Å². The molecule has 3 nitrogen and oxygen atoms in total. The Morgan fingerprint density at radius 2 is 2.09 bits per heavy atom. The van der Waals surface area contributed by atoms with Crippen molar-refractivity contribution in [3.8, 4) is 0 Å². The van der Waals surface area contributed by atoms with Crippen LogP contribution in [-0.4, -0.2) is 15.1 Å². The van der Waals surface area contributed by atoms with Gasteiger partial charge in [0, 0.05) is 5.57 Å². The summed E-state index contributed by atoms with van der Waals surface area (Å²) in [6, 6.07) is 0. The maximum atomic E-state index is 11.1. The molecule has 0 fully saturated rings. The first kappa shape index (κ1) is 8.62. The number of hydrogen-bond donors (Lipinski definition) is 1. The van der Waals surface area contributed by atoms with Crippen LogP contribution < -0.4 is 0 Å². The van der Waals surface area contributed by atoms with E-state index in [9.17, 15) is 4.79 Å². The Labute approximate surface area is 69.4 Å². The van der Waals surface area contributed by atoms with Crippen LogP contribution in [0.2, 0.25) is 0 Å². The van der Waals surface area contributed by atoms with Crippen molar-refractivity contribution in [2.24, 2.45) is 0 Å². The van der Waals surface area contributed by atoms with Gasteiger partial charge in [0.25, 0.3) is 0 Å². The fourth-order valence-electron chi connectivity index (χ4n) is 1.08. The van der Waals surface area contributed by atoms with Crippen LogP contribution in [0.25, 0.3) is 0 Å². The second-order valence-corrected chi connectivity index (χ2v) is 4.54. The first-order chi connectivity index (χ1) is 4.99. The molecule has 0 bridgehead atoms. The van der Waals surface area contributed by atoms with E-state index in [2.05, 4.69) is 4.89 Å². The molecule has 0 spiro atoms. The fourth-order valence-corrected chi connectivity index (χ4v) is 2.07. The number of carbonyl (C=O) groups is 1. The van der Waals surface area contributed by atoms with E-state index in [1.165, 1.54) is 11.8 Å². The molecule has 4 heteroatoms. The van der Waals surface area contributed by atoms with Crippen LogP contribution in [0.4, 0.5) is 0 Å². The second-order valence-electron chi connectivity index (χ2n) is 2.95. The van der Waals surface area contributed by atoms with Gasteiger partial charge in [0.2, 0.25) is 5.12 Å². The van der Waals surface area contributed by atoms with Crippen LogP contribution in [0.5, 0.6) is 0 Å². The van der Waals surface area contributed by atoms with Gasteiger partial charge in [-0.2, -0.15) is 0 Å². The average Bonchev–Trinajstić information content (AvgIpc) is 2.03. The minimum Gasteiger partial charge on any atom is -0.343 e. The van der Waals surface area contributed by atoms with Crippen LogP contribution in [0.15, 0.2) is 11.3 Å². The summed E-state index contributed by atoms with van der Waals surface area (Å²) in [6.07, 6.45) is 0. The third-order valence-corrected chi connectivity index (χ3v) is 2.82. The van der Waals surface area contributed by atoms with Gasteiger partial charge < -0.3 is 4.89 Å². The zero-order chi connectivity index (χ0) is 8.65. The lowest BCUT2D eigenvalue weighted by atomic mass is 10.1. The van der Waals surface area contributed by atoms with Crippen molar-refractivity contribution >= 4 is 16.9 Å². The Morgan fingerprint density at radius 3 is 2.27 bits per heavy atom. The van der Waals surface area contributed by atoms with Gasteiger partial charge in [0.05, 0.1) is 4.75 Å². The third-order valence-electron chi connectivity index (χ3n) is 1.63. The summed E-state index contributed by atoms with van der Waals surface area (Å²) < 4.78 is -0.421. The van der Waals surface area contributed by atoms with Gasteiger partial charge in [0.15, 0.2) is 5.76 Å². The highest BCUT2D eigenvalue weighted by molar-refractivity contribution is 8.15. The van der Waals surface area contributed by atoms with Crippen molar-refractivity contribution in [1.82, 2.24) is 0 Å². The standard InChI is InChI=1S/C7H10O3S/c1-4-5(10-9)7(2,3)11-6(4)8/h9H,1-3H3. The molecule has 0 saturated heterocycles. The summed E-state index contributed by atoms with van der Waals surface area (Å²) in [5.74, 6) is 0.368. The average molecular weight is 174 g/mol. The van der Waals surface area contributed by atoms with Gasteiger partial charge in [-0.25, -0.2) is 5.26 Å². The van der Waals surface area contributed by atoms with E-state index in [-0.39, 0.29) is 5.12 Å². The molecular weight excluding hydrogens is 164 g/mol. The Hall–Kier alpha value is -0.480. The zero-order valence-electron chi connectivity index (χ0n) is 6.67. The third kappa shape index (κ3) is 1.28. The smallest absolute Gasteiger partial charge is 0.219 e. The normalized spacial score (nSPS) is 22.7. The molecule has 1 aliphatic rings. The van der Waals surface area contributed by atoms with Crippen molar-refractivity contribution in [3.63, 3.8) is 0 Å². The van der Waals surface area contributed by atoms with E-state index in [0.717, 1.165) is 0 Å². The molecular formula is C7H10O3S. The molecule has 0 atom stereocenters. The lowest BCUT2D eigenvalue weighted by Crippen LogP contribution is -2.16. The minimum atomic E-state index is -0.421. The first-order valence-corrected chi connectivity index (χ1v) is 4.07. The number of thioether (sulfide) groups is 1. The van der Waals surface area contributed by atoms with Gasteiger partial charge in [-0.1, -0.05) is 11.8 Å². The summed E-state index contributed by atoms with van der Waals surface area (Å²) >= 11 is 1.17. The SMILES string of the molecule is CC1=C(OO)C(C)(C)SC1=O. The van der Waals surface area contributed by atoms with Crippen LogP contribution in [0.1, 0.15) is 20.8 Å². The molecule has 62 valence electrons. The van der Waals surface area contributed by atoms with Crippen molar-refractivity contribution < 1.29 is 14.9 Å². The van der Waals surface area contributed by atoms with E-state index >= 15 is 0 Å². The highest BCUT2D eigenvalue weighted by Gasteiger charge is 2.39. The Balaban J connectivity index is 3.06. The van der Waals surface area contributed by atoms with Gasteiger partial charge in [-0.05, 0) is 20.8 Å². The lowest BCUT2D eigenvalue weighted by molar-refractivity contribution is -0.208. The Morgan fingerprint density at radius 1 is 1.55 bits per heavy atom. The molecule has 0 radical (unpaired) electrons.